The molecule has 2 aromatic rings. The molecule has 1 aromatic heterocycles. The zero-order chi connectivity index (χ0) is 21.7. The van der Waals surface area contributed by atoms with Crippen LogP contribution in [0.2, 0.25) is 0 Å². The Morgan fingerprint density at radius 1 is 1.19 bits per heavy atom. The molecule has 1 aliphatic carbocycles. The average molecular weight is 426 g/mol. The number of carbonyl (C=O) groups is 1. The Morgan fingerprint density at radius 3 is 2.61 bits per heavy atom. The zero-order valence-electron chi connectivity index (χ0n) is 17.6. The van der Waals surface area contributed by atoms with Crippen molar-refractivity contribution in [2.45, 2.75) is 50.9 Å². The summed E-state index contributed by atoms with van der Waals surface area (Å²) >= 11 is 0. The van der Waals surface area contributed by atoms with Crippen LogP contribution < -0.4 is 10.9 Å². The van der Waals surface area contributed by atoms with Gasteiger partial charge in [-0.05, 0) is 44.0 Å². The van der Waals surface area contributed by atoms with Gasteiger partial charge in [0, 0.05) is 42.3 Å². The molecule has 2 N–H and O–H groups in total. The number of likely N-dealkylation sites (N-methyl/N-ethyl adjacent to an activating group) is 1. The number of nitrogens with zero attached hydrogens (tertiary/aromatic N) is 2. The lowest BCUT2D eigenvalue weighted by Crippen LogP contribution is -2.52. The topological polar surface area (TPSA) is 74.6 Å². The molecule has 0 radical (unpaired) electrons. The molecule has 1 aromatic carbocycles. The Morgan fingerprint density at radius 2 is 1.97 bits per heavy atom. The first-order valence-corrected chi connectivity index (χ1v) is 11.2. The second kappa shape index (κ2) is 7.88. The highest BCUT2D eigenvalue weighted by molar-refractivity contribution is 5.83. The molecule has 3 aliphatic rings. The van der Waals surface area contributed by atoms with Gasteiger partial charge in [0.25, 0.3) is 5.56 Å². The number of halogens is 1. The van der Waals surface area contributed by atoms with Gasteiger partial charge in [0.15, 0.2) is 0 Å². The summed E-state index contributed by atoms with van der Waals surface area (Å²) in [6, 6.07) is 9.60. The standard InChI is InChI=1S/C24H28FN3O3/c1-2-27-21-17(18(13-29)22(27)23(30)26-14-6-5-7-14)12-28-20(21)11-10-16(24(28)31)15-8-3-4-9-19(15)25/h3-4,8-11,14,17-18,21-22,29H,2,5-7,12-13H2,1H3,(H,26,30)/t17-,18-,21+,22-/m1/s1. The Bertz CT molecular complexity index is 1060. The number of aromatic nitrogens is 1. The normalized spacial score (nSPS) is 27.6. The van der Waals surface area contributed by atoms with Crippen LogP contribution in [0.25, 0.3) is 11.1 Å². The highest BCUT2D eigenvalue weighted by Gasteiger charge is 2.55. The van der Waals surface area contributed by atoms with Crippen LogP contribution >= 0.6 is 0 Å². The van der Waals surface area contributed by atoms with E-state index in [1.165, 1.54) is 6.07 Å². The molecule has 5 rings (SSSR count). The molecule has 31 heavy (non-hydrogen) atoms. The van der Waals surface area contributed by atoms with Gasteiger partial charge in [-0.3, -0.25) is 14.5 Å². The Balaban J connectivity index is 1.51. The maximum atomic E-state index is 14.3. The summed E-state index contributed by atoms with van der Waals surface area (Å²) in [7, 11) is 0. The minimum atomic E-state index is -0.422. The number of nitrogens with one attached hydrogen (secondary N) is 1. The molecule has 6 nitrogen and oxygen atoms in total. The Kier molecular flexibility index (Phi) is 5.18. The predicted molar refractivity (Wildman–Crippen MR) is 115 cm³/mol. The van der Waals surface area contributed by atoms with Crippen molar-refractivity contribution in [3.8, 4) is 11.1 Å². The molecular weight excluding hydrogens is 397 g/mol. The van der Waals surface area contributed by atoms with E-state index in [-0.39, 0.29) is 42.0 Å². The summed E-state index contributed by atoms with van der Waals surface area (Å²) < 4.78 is 16.0. The number of likely N-dealkylation sites (tertiary alicyclic amines) is 1. The maximum Gasteiger partial charge on any atom is 0.258 e. The van der Waals surface area contributed by atoms with Crippen molar-refractivity contribution in [1.29, 1.82) is 0 Å². The van der Waals surface area contributed by atoms with E-state index in [0.717, 1.165) is 25.0 Å². The third-order valence-corrected chi connectivity index (χ3v) is 7.44. The molecule has 1 amide bonds. The second-order valence-corrected chi connectivity index (χ2v) is 8.93. The predicted octanol–water partition coefficient (Wildman–Crippen LogP) is 2.31. The van der Waals surface area contributed by atoms with Gasteiger partial charge in [-0.15, -0.1) is 0 Å². The van der Waals surface area contributed by atoms with Crippen molar-refractivity contribution >= 4 is 5.91 Å². The van der Waals surface area contributed by atoms with E-state index in [9.17, 15) is 19.1 Å². The number of amides is 1. The Labute approximate surface area is 180 Å². The number of aliphatic hydroxyl groups is 1. The minimum Gasteiger partial charge on any atom is -0.396 e. The van der Waals surface area contributed by atoms with E-state index in [1.807, 2.05) is 13.0 Å². The van der Waals surface area contributed by atoms with Gasteiger partial charge in [-0.25, -0.2) is 4.39 Å². The number of carbonyl (C=O) groups excluding carboxylic acids is 1. The molecule has 0 bridgehead atoms. The van der Waals surface area contributed by atoms with Crippen molar-refractivity contribution in [1.82, 2.24) is 14.8 Å². The van der Waals surface area contributed by atoms with E-state index in [1.54, 1.807) is 28.8 Å². The van der Waals surface area contributed by atoms with Crippen molar-refractivity contribution in [3.05, 3.63) is 58.3 Å². The van der Waals surface area contributed by atoms with Crippen LogP contribution in [-0.2, 0) is 11.3 Å². The molecule has 1 saturated carbocycles. The summed E-state index contributed by atoms with van der Waals surface area (Å²) in [6.45, 7) is 2.97. The van der Waals surface area contributed by atoms with Gasteiger partial charge in [0.2, 0.25) is 5.91 Å². The van der Waals surface area contributed by atoms with Crippen LogP contribution in [0.5, 0.6) is 0 Å². The second-order valence-electron chi connectivity index (χ2n) is 8.93. The van der Waals surface area contributed by atoms with Crippen molar-refractivity contribution in [2.75, 3.05) is 13.2 Å². The van der Waals surface area contributed by atoms with Gasteiger partial charge in [0.05, 0.1) is 17.6 Å². The fraction of sp³-hybridized carbons (Fsp3) is 0.500. The number of benzene rings is 1. The Hall–Kier alpha value is -2.51. The molecule has 3 heterocycles. The van der Waals surface area contributed by atoms with Crippen LogP contribution in [0.3, 0.4) is 0 Å². The molecule has 164 valence electrons. The molecule has 2 aliphatic heterocycles. The lowest BCUT2D eigenvalue weighted by molar-refractivity contribution is -0.129. The summed E-state index contributed by atoms with van der Waals surface area (Å²) in [5.74, 6) is -0.724. The third-order valence-electron chi connectivity index (χ3n) is 7.44. The molecule has 1 saturated heterocycles. The molecule has 7 heteroatoms. The first kappa shape index (κ1) is 20.4. The van der Waals surface area contributed by atoms with Gasteiger partial charge in [-0.1, -0.05) is 25.1 Å². The third kappa shape index (κ3) is 3.13. The minimum absolute atomic E-state index is 0.0168. The zero-order valence-corrected chi connectivity index (χ0v) is 17.6. The van der Waals surface area contributed by atoms with Gasteiger partial charge in [-0.2, -0.15) is 0 Å². The highest BCUT2D eigenvalue weighted by atomic mass is 19.1. The van der Waals surface area contributed by atoms with Crippen molar-refractivity contribution < 1.29 is 14.3 Å². The number of fused-ring (bicyclic) bond motifs is 3. The van der Waals surface area contributed by atoms with Crippen LogP contribution in [0.4, 0.5) is 4.39 Å². The number of aliphatic hydroxyl groups excluding tert-OH is 1. The van der Waals surface area contributed by atoms with Gasteiger partial charge in [0.1, 0.15) is 5.82 Å². The SMILES string of the molecule is CCN1[C@@H]2c3ccc(-c4ccccc4F)c(=O)n3C[C@@H]2[C@@H](CO)[C@@H]1C(=O)NC1CCC1. The summed E-state index contributed by atoms with van der Waals surface area (Å²) in [6.07, 6.45) is 3.17. The fourth-order valence-electron chi connectivity index (χ4n) is 5.71. The van der Waals surface area contributed by atoms with Crippen molar-refractivity contribution in [3.63, 3.8) is 0 Å². The van der Waals surface area contributed by atoms with Crippen molar-refractivity contribution in [2.24, 2.45) is 11.8 Å². The van der Waals surface area contributed by atoms with E-state index >= 15 is 0 Å². The van der Waals surface area contributed by atoms with Crippen LogP contribution in [-0.4, -0.2) is 45.7 Å². The molecule has 4 atom stereocenters. The maximum absolute atomic E-state index is 14.3. The van der Waals surface area contributed by atoms with Crippen LogP contribution in [0.1, 0.15) is 37.9 Å². The smallest absolute Gasteiger partial charge is 0.258 e. The monoisotopic (exact) mass is 425 g/mol. The quantitative estimate of drug-likeness (QED) is 0.771. The van der Waals surface area contributed by atoms with Crippen LogP contribution in [0, 0.1) is 17.7 Å². The van der Waals surface area contributed by atoms with E-state index in [4.69, 9.17) is 0 Å². The molecule has 2 fully saturated rings. The molecular formula is C24H28FN3O3. The van der Waals surface area contributed by atoms with Gasteiger partial charge < -0.3 is 15.0 Å². The lowest BCUT2D eigenvalue weighted by Gasteiger charge is -2.33. The number of hydrogen-bond donors (Lipinski definition) is 2. The van der Waals surface area contributed by atoms with E-state index in [2.05, 4.69) is 10.2 Å². The fourth-order valence-corrected chi connectivity index (χ4v) is 5.71. The molecule has 0 unspecified atom stereocenters. The summed E-state index contributed by atoms with van der Waals surface area (Å²) in [5, 5.41) is 13.4. The number of pyridine rings is 1. The average Bonchev–Trinajstić information content (AvgIpc) is 3.26. The first-order valence-electron chi connectivity index (χ1n) is 11.2. The van der Waals surface area contributed by atoms with Gasteiger partial charge >= 0.3 is 0 Å². The largest absolute Gasteiger partial charge is 0.396 e. The summed E-state index contributed by atoms with van der Waals surface area (Å²) in [4.78, 5) is 28.5. The number of hydrogen-bond acceptors (Lipinski definition) is 4. The van der Waals surface area contributed by atoms with Crippen LogP contribution in [0.15, 0.2) is 41.2 Å². The van der Waals surface area contributed by atoms with E-state index in [0.29, 0.717) is 24.2 Å². The first-order chi connectivity index (χ1) is 15.0. The highest BCUT2D eigenvalue weighted by Crippen LogP contribution is 2.49. The number of rotatable bonds is 5. The summed E-state index contributed by atoms with van der Waals surface area (Å²) in [5.41, 5.74) is 1.25. The molecule has 0 spiro atoms. The lowest BCUT2D eigenvalue weighted by atomic mass is 9.87. The van der Waals surface area contributed by atoms with E-state index < -0.39 is 11.9 Å².